The number of carbonyl (C=O) groups is 3. The van der Waals surface area contributed by atoms with Gasteiger partial charge in [0.1, 0.15) is 5.70 Å². The molecule has 39 heavy (non-hydrogen) atoms. The summed E-state index contributed by atoms with van der Waals surface area (Å²) in [6.07, 6.45) is 1.78. The molecule has 9 nitrogen and oxygen atoms in total. The van der Waals surface area contributed by atoms with Crippen molar-refractivity contribution in [3.05, 3.63) is 95.2 Å². The average Bonchev–Trinajstić information content (AvgIpc) is 3.26. The first-order valence-corrected chi connectivity index (χ1v) is 12.7. The van der Waals surface area contributed by atoms with Crippen LogP contribution >= 0.6 is 0 Å². The van der Waals surface area contributed by atoms with E-state index in [1.807, 2.05) is 6.92 Å². The number of hydrogen-bond donors (Lipinski definition) is 2. The van der Waals surface area contributed by atoms with Gasteiger partial charge >= 0.3 is 11.9 Å². The zero-order chi connectivity index (χ0) is 27.9. The predicted octanol–water partition coefficient (Wildman–Crippen LogP) is 5.23. The van der Waals surface area contributed by atoms with Crippen LogP contribution in [0, 0.1) is 0 Å². The van der Waals surface area contributed by atoms with Gasteiger partial charge in [-0.15, -0.1) is 0 Å². The summed E-state index contributed by atoms with van der Waals surface area (Å²) in [4.78, 5) is 39.4. The second kappa shape index (κ2) is 12.2. The normalized spacial score (nSPS) is 14.5. The minimum absolute atomic E-state index is 0.000666. The maximum Gasteiger partial charge on any atom is 0.338 e. The van der Waals surface area contributed by atoms with E-state index in [1.54, 1.807) is 85.5 Å². The van der Waals surface area contributed by atoms with Crippen LogP contribution in [0.25, 0.3) is 0 Å². The van der Waals surface area contributed by atoms with E-state index in [0.717, 1.165) is 0 Å². The molecule has 3 aromatic carbocycles. The molecule has 0 saturated carbocycles. The Labute approximate surface area is 226 Å². The maximum absolute atomic E-state index is 13.7. The van der Waals surface area contributed by atoms with Gasteiger partial charge in [0.25, 0.3) is 5.91 Å². The van der Waals surface area contributed by atoms with Crippen LogP contribution in [0.4, 0.5) is 11.4 Å². The molecule has 0 saturated heterocycles. The molecule has 1 aliphatic rings. The topological polar surface area (TPSA) is 114 Å². The van der Waals surface area contributed by atoms with Gasteiger partial charge in [-0.25, -0.2) is 9.59 Å². The minimum Gasteiger partial charge on any atom is -0.504 e. The van der Waals surface area contributed by atoms with Gasteiger partial charge in [0.2, 0.25) is 0 Å². The van der Waals surface area contributed by atoms with Crippen LogP contribution in [0.15, 0.2) is 78.5 Å². The standard InChI is InChI=1S/C30H30N2O7/c1-4-37-27-17-21(11-16-26(27)33)25-18-24(31-22-12-7-19(8-13-22)29(35)38-5-2)28(34)32(25)23-14-9-20(10-15-23)30(36)39-6-3/h7-18,25,31,33H,4-6H2,1-3H3/t25-/m1/s1. The summed E-state index contributed by atoms with van der Waals surface area (Å²) in [6.45, 7) is 6.20. The lowest BCUT2D eigenvalue weighted by atomic mass is 10.0. The summed E-state index contributed by atoms with van der Waals surface area (Å²) < 4.78 is 15.7. The number of aromatic hydroxyl groups is 1. The molecule has 9 heteroatoms. The van der Waals surface area contributed by atoms with E-state index < -0.39 is 18.0 Å². The number of carbonyl (C=O) groups excluding carboxylic acids is 3. The summed E-state index contributed by atoms with van der Waals surface area (Å²) in [5, 5.41) is 13.4. The first-order chi connectivity index (χ1) is 18.9. The molecular weight excluding hydrogens is 500 g/mol. The van der Waals surface area contributed by atoms with Crippen LogP contribution in [0.5, 0.6) is 11.5 Å². The van der Waals surface area contributed by atoms with Crippen LogP contribution in [0.2, 0.25) is 0 Å². The molecule has 0 fully saturated rings. The molecule has 1 heterocycles. The van der Waals surface area contributed by atoms with Gasteiger partial charge in [0.15, 0.2) is 11.5 Å². The Kier molecular flexibility index (Phi) is 8.50. The largest absolute Gasteiger partial charge is 0.504 e. The van der Waals surface area contributed by atoms with Crippen molar-refractivity contribution >= 4 is 29.2 Å². The number of phenolic OH excluding ortho intramolecular Hbond substituents is 1. The van der Waals surface area contributed by atoms with Gasteiger partial charge in [-0.1, -0.05) is 6.07 Å². The Hall–Kier alpha value is -4.79. The SMILES string of the molecule is CCOC(=O)c1ccc(NC2=C[C@H](c3ccc(O)c(OCC)c3)N(c3ccc(C(=O)OCC)cc3)C2=O)cc1. The Bertz CT molecular complexity index is 1380. The van der Waals surface area contributed by atoms with Gasteiger partial charge < -0.3 is 24.6 Å². The van der Waals surface area contributed by atoms with Crippen LogP contribution in [0.1, 0.15) is 53.1 Å². The van der Waals surface area contributed by atoms with E-state index in [1.165, 1.54) is 6.07 Å². The molecule has 0 aromatic heterocycles. The smallest absolute Gasteiger partial charge is 0.338 e. The summed E-state index contributed by atoms with van der Waals surface area (Å²) in [5.74, 6) is -0.858. The lowest BCUT2D eigenvalue weighted by Crippen LogP contribution is -2.30. The lowest BCUT2D eigenvalue weighted by Gasteiger charge is -2.26. The van der Waals surface area contributed by atoms with Crippen molar-refractivity contribution in [2.45, 2.75) is 26.8 Å². The summed E-state index contributed by atoms with van der Waals surface area (Å²) in [7, 11) is 0. The number of nitrogens with one attached hydrogen (secondary N) is 1. The predicted molar refractivity (Wildman–Crippen MR) is 146 cm³/mol. The Morgan fingerprint density at radius 3 is 2.00 bits per heavy atom. The second-order valence-electron chi connectivity index (χ2n) is 8.55. The van der Waals surface area contributed by atoms with Crippen molar-refractivity contribution in [1.29, 1.82) is 0 Å². The lowest BCUT2D eigenvalue weighted by molar-refractivity contribution is -0.114. The molecule has 0 unspecified atom stereocenters. The quantitative estimate of drug-likeness (QED) is 0.343. The number of phenols is 1. The second-order valence-corrected chi connectivity index (χ2v) is 8.55. The van der Waals surface area contributed by atoms with Crippen molar-refractivity contribution in [1.82, 2.24) is 0 Å². The molecule has 0 bridgehead atoms. The van der Waals surface area contributed by atoms with Crippen LogP contribution in [-0.4, -0.2) is 42.8 Å². The highest BCUT2D eigenvalue weighted by Crippen LogP contribution is 2.39. The third kappa shape index (κ3) is 6.04. The number of nitrogens with zero attached hydrogens (tertiary/aromatic N) is 1. The number of anilines is 2. The first kappa shape index (κ1) is 27.3. The summed E-state index contributed by atoms with van der Waals surface area (Å²) in [5.41, 5.74) is 3.00. The maximum atomic E-state index is 13.7. The molecule has 3 aromatic rings. The Balaban J connectivity index is 1.67. The number of amides is 1. The van der Waals surface area contributed by atoms with Gasteiger partial charge in [0, 0.05) is 11.4 Å². The minimum atomic E-state index is -0.535. The zero-order valence-electron chi connectivity index (χ0n) is 22.0. The molecule has 202 valence electrons. The molecule has 0 spiro atoms. The molecule has 1 aliphatic heterocycles. The van der Waals surface area contributed by atoms with Crippen LogP contribution in [0.3, 0.4) is 0 Å². The first-order valence-electron chi connectivity index (χ1n) is 12.7. The third-order valence-electron chi connectivity index (χ3n) is 6.01. The Morgan fingerprint density at radius 1 is 0.846 bits per heavy atom. The number of esters is 2. The van der Waals surface area contributed by atoms with E-state index in [0.29, 0.717) is 46.1 Å². The zero-order valence-corrected chi connectivity index (χ0v) is 22.0. The monoisotopic (exact) mass is 530 g/mol. The number of benzene rings is 3. The summed E-state index contributed by atoms with van der Waals surface area (Å²) in [6, 6.07) is 17.6. The van der Waals surface area contributed by atoms with Crippen LogP contribution in [-0.2, 0) is 14.3 Å². The number of ether oxygens (including phenoxy) is 3. The van der Waals surface area contributed by atoms with E-state index in [2.05, 4.69) is 5.32 Å². The fourth-order valence-corrected chi connectivity index (χ4v) is 4.20. The van der Waals surface area contributed by atoms with Gasteiger partial charge in [-0.05, 0) is 93.1 Å². The van der Waals surface area contributed by atoms with E-state index >= 15 is 0 Å². The van der Waals surface area contributed by atoms with Crippen molar-refractivity contribution in [3.8, 4) is 11.5 Å². The van der Waals surface area contributed by atoms with Crippen molar-refractivity contribution in [2.24, 2.45) is 0 Å². The van der Waals surface area contributed by atoms with Crippen molar-refractivity contribution in [3.63, 3.8) is 0 Å². The van der Waals surface area contributed by atoms with Gasteiger partial charge in [-0.2, -0.15) is 0 Å². The third-order valence-corrected chi connectivity index (χ3v) is 6.01. The summed E-state index contributed by atoms with van der Waals surface area (Å²) >= 11 is 0. The fourth-order valence-electron chi connectivity index (χ4n) is 4.20. The highest BCUT2D eigenvalue weighted by molar-refractivity contribution is 6.11. The van der Waals surface area contributed by atoms with Gasteiger partial charge in [-0.3, -0.25) is 9.69 Å². The fraction of sp³-hybridized carbons (Fsp3) is 0.233. The molecule has 1 atom stereocenters. The highest BCUT2D eigenvalue weighted by Gasteiger charge is 2.35. The van der Waals surface area contributed by atoms with Crippen LogP contribution < -0.4 is 15.0 Å². The van der Waals surface area contributed by atoms with Crippen molar-refractivity contribution < 1.29 is 33.7 Å². The van der Waals surface area contributed by atoms with Crippen molar-refractivity contribution in [2.75, 3.05) is 30.0 Å². The van der Waals surface area contributed by atoms with Gasteiger partial charge in [0.05, 0.1) is 37.0 Å². The number of hydrogen-bond acceptors (Lipinski definition) is 8. The average molecular weight is 531 g/mol. The Morgan fingerprint density at radius 2 is 1.44 bits per heavy atom. The number of rotatable bonds is 10. The highest BCUT2D eigenvalue weighted by atomic mass is 16.5. The molecule has 4 rings (SSSR count). The van der Waals surface area contributed by atoms with E-state index in [9.17, 15) is 19.5 Å². The molecule has 0 aliphatic carbocycles. The van der Waals surface area contributed by atoms with E-state index in [-0.39, 0.29) is 24.9 Å². The molecular formula is C30H30N2O7. The molecule has 2 N–H and O–H groups in total. The van der Waals surface area contributed by atoms with E-state index in [4.69, 9.17) is 14.2 Å². The molecule has 0 radical (unpaired) electrons. The molecule has 1 amide bonds.